The van der Waals surface area contributed by atoms with Gasteiger partial charge in [0.2, 0.25) is 17.0 Å². The smallest absolute Gasteiger partial charge is 0.247 e. The third kappa shape index (κ3) is 5.33. The first-order valence-electron chi connectivity index (χ1n) is 12.4. The van der Waals surface area contributed by atoms with Crippen LogP contribution in [0.15, 0.2) is 24.3 Å². The number of rotatable bonds is 8. The molecule has 3 aromatic rings. The van der Waals surface area contributed by atoms with Gasteiger partial charge in [0.1, 0.15) is 5.75 Å². The van der Waals surface area contributed by atoms with Gasteiger partial charge < -0.3 is 20.3 Å². The molecule has 2 aliphatic heterocycles. The zero-order valence-electron chi connectivity index (χ0n) is 19.9. The Balaban J connectivity index is 1.23. The average molecular weight is 483 g/mol. The van der Waals surface area contributed by atoms with Crippen molar-refractivity contribution in [2.45, 2.75) is 45.4 Å². The number of hydrogen-bond acceptors (Lipinski definition) is 9. The molecule has 9 nitrogen and oxygen atoms in total. The van der Waals surface area contributed by atoms with Crippen LogP contribution in [0.2, 0.25) is 0 Å². The fourth-order valence-electron chi connectivity index (χ4n) is 4.62. The molecule has 0 atom stereocenters. The molecular weight excluding hydrogens is 448 g/mol. The molecule has 0 aliphatic carbocycles. The van der Waals surface area contributed by atoms with Crippen LogP contribution in [-0.2, 0) is 0 Å². The molecule has 5 rings (SSSR count). The zero-order chi connectivity index (χ0) is 23.3. The largest absolute Gasteiger partial charge is 0.493 e. The minimum absolute atomic E-state index is 0.333. The van der Waals surface area contributed by atoms with Gasteiger partial charge in [-0.05, 0) is 69.7 Å². The number of hydrogen-bond donors (Lipinski definition) is 1. The maximum absolute atomic E-state index is 6.18. The Bertz CT molecular complexity index is 1070. The first-order valence-corrected chi connectivity index (χ1v) is 13.2. The van der Waals surface area contributed by atoms with Gasteiger partial charge in [0, 0.05) is 19.6 Å². The number of nitrogens with two attached hydrogens (primary N) is 1. The van der Waals surface area contributed by atoms with E-state index in [0.29, 0.717) is 23.6 Å². The van der Waals surface area contributed by atoms with Crippen molar-refractivity contribution < 1.29 is 4.74 Å². The van der Waals surface area contributed by atoms with E-state index in [9.17, 15) is 0 Å². The lowest BCUT2D eigenvalue weighted by Gasteiger charge is -2.30. The predicted octanol–water partition coefficient (Wildman–Crippen LogP) is 3.86. The van der Waals surface area contributed by atoms with Crippen LogP contribution in [-0.4, -0.2) is 69.2 Å². The second-order valence-corrected chi connectivity index (χ2v) is 10.3. The van der Waals surface area contributed by atoms with Crippen molar-refractivity contribution in [2.75, 3.05) is 50.0 Å². The Morgan fingerprint density at radius 3 is 2.68 bits per heavy atom. The van der Waals surface area contributed by atoms with Gasteiger partial charge in [-0.15, -0.1) is 15.3 Å². The zero-order valence-corrected chi connectivity index (χ0v) is 20.7. The highest BCUT2D eigenvalue weighted by Crippen LogP contribution is 2.33. The van der Waals surface area contributed by atoms with Gasteiger partial charge in [-0.2, -0.15) is 9.67 Å². The van der Waals surface area contributed by atoms with E-state index in [4.69, 9.17) is 10.5 Å². The first kappa shape index (κ1) is 23.0. The molecule has 10 heteroatoms. The van der Waals surface area contributed by atoms with E-state index in [0.717, 1.165) is 61.1 Å². The average Bonchev–Trinajstić information content (AvgIpc) is 3.50. The summed E-state index contributed by atoms with van der Waals surface area (Å²) in [5.74, 6) is 2.69. The Kier molecular flexibility index (Phi) is 7.24. The fraction of sp³-hybridized carbons (Fsp3) is 0.583. The lowest BCUT2D eigenvalue weighted by atomic mass is 9.99. The SMILES string of the molecule is CC1CCN(CCCOc2ccccc2-c2nnc(-n3nc(N4CCCCC4)nc3N)s2)CC1. The van der Waals surface area contributed by atoms with Gasteiger partial charge in [0.05, 0.1) is 12.2 Å². The van der Waals surface area contributed by atoms with E-state index in [1.807, 2.05) is 24.3 Å². The number of anilines is 2. The van der Waals surface area contributed by atoms with E-state index in [2.05, 4.69) is 37.0 Å². The molecule has 2 N–H and O–H groups in total. The lowest BCUT2D eigenvalue weighted by Crippen LogP contribution is -2.34. The first-order chi connectivity index (χ1) is 16.7. The maximum Gasteiger partial charge on any atom is 0.247 e. The third-order valence-corrected chi connectivity index (χ3v) is 7.66. The normalized spacial score (nSPS) is 17.9. The molecule has 0 unspecified atom stereocenters. The van der Waals surface area contributed by atoms with Crippen LogP contribution in [0.5, 0.6) is 5.75 Å². The summed E-state index contributed by atoms with van der Waals surface area (Å²) in [6.07, 6.45) is 7.19. The number of nitrogens with zero attached hydrogens (tertiary/aromatic N) is 7. The van der Waals surface area contributed by atoms with Gasteiger partial charge in [-0.25, -0.2) is 0 Å². The van der Waals surface area contributed by atoms with Crippen LogP contribution in [0.4, 0.5) is 11.9 Å². The van der Waals surface area contributed by atoms with Crippen molar-refractivity contribution in [3.8, 4) is 21.5 Å². The molecule has 2 aromatic heterocycles. The van der Waals surface area contributed by atoms with Crippen LogP contribution < -0.4 is 15.4 Å². The quantitative estimate of drug-likeness (QED) is 0.483. The number of likely N-dealkylation sites (tertiary alicyclic amines) is 1. The third-order valence-electron chi connectivity index (χ3n) is 6.73. The number of piperidine rings is 2. The van der Waals surface area contributed by atoms with Crippen molar-refractivity contribution in [1.29, 1.82) is 0 Å². The minimum atomic E-state index is 0.333. The molecular formula is C24H34N8OS. The Hall–Kier alpha value is -2.72. The van der Waals surface area contributed by atoms with Crippen LogP contribution in [0.3, 0.4) is 0 Å². The summed E-state index contributed by atoms with van der Waals surface area (Å²) >= 11 is 1.44. The summed E-state index contributed by atoms with van der Waals surface area (Å²) in [4.78, 5) is 9.20. The van der Waals surface area contributed by atoms with E-state index in [-0.39, 0.29) is 0 Å². The number of benzene rings is 1. The summed E-state index contributed by atoms with van der Waals surface area (Å²) in [7, 11) is 0. The lowest BCUT2D eigenvalue weighted by molar-refractivity contribution is 0.177. The molecule has 2 saturated heterocycles. The maximum atomic E-state index is 6.18. The molecule has 34 heavy (non-hydrogen) atoms. The van der Waals surface area contributed by atoms with Crippen LogP contribution >= 0.6 is 11.3 Å². The Morgan fingerprint density at radius 2 is 1.85 bits per heavy atom. The summed E-state index contributed by atoms with van der Waals surface area (Å²) in [6.45, 7) is 8.46. The Labute approximate surface area is 204 Å². The molecule has 0 amide bonds. The monoisotopic (exact) mass is 482 g/mol. The van der Waals surface area contributed by atoms with Crippen molar-refractivity contribution in [2.24, 2.45) is 5.92 Å². The topological polar surface area (TPSA) is 98.2 Å². The number of para-hydroxylation sites is 1. The molecule has 2 aliphatic rings. The molecule has 0 bridgehead atoms. The highest BCUT2D eigenvalue weighted by molar-refractivity contribution is 7.17. The standard InChI is InChI=1S/C24H34N8OS/c1-18-10-15-30(16-11-18)12-7-17-33-20-9-4-3-8-19(20)21-27-28-24(34-21)32-22(25)26-23(29-32)31-13-5-2-6-14-31/h3-4,8-9,18H,2,5-7,10-17H2,1H3,(H2,25,26,29). The summed E-state index contributed by atoms with van der Waals surface area (Å²) in [5.41, 5.74) is 7.12. The molecule has 0 radical (unpaired) electrons. The van der Waals surface area contributed by atoms with Crippen molar-refractivity contribution in [1.82, 2.24) is 29.9 Å². The van der Waals surface area contributed by atoms with E-state index >= 15 is 0 Å². The van der Waals surface area contributed by atoms with Gasteiger partial charge in [0.15, 0.2) is 5.01 Å². The number of ether oxygens (including phenoxy) is 1. The second kappa shape index (κ2) is 10.7. The molecule has 182 valence electrons. The van der Waals surface area contributed by atoms with E-state index in [1.165, 1.54) is 43.7 Å². The van der Waals surface area contributed by atoms with Crippen LogP contribution in [0.25, 0.3) is 15.7 Å². The highest BCUT2D eigenvalue weighted by atomic mass is 32.1. The molecule has 0 saturated carbocycles. The Morgan fingerprint density at radius 1 is 1.06 bits per heavy atom. The minimum Gasteiger partial charge on any atom is -0.493 e. The van der Waals surface area contributed by atoms with E-state index in [1.54, 1.807) is 4.68 Å². The van der Waals surface area contributed by atoms with Gasteiger partial charge in [0.25, 0.3) is 0 Å². The van der Waals surface area contributed by atoms with Gasteiger partial charge in [-0.3, -0.25) is 0 Å². The van der Waals surface area contributed by atoms with Gasteiger partial charge >= 0.3 is 0 Å². The summed E-state index contributed by atoms with van der Waals surface area (Å²) in [6, 6.07) is 8.01. The molecule has 1 aromatic carbocycles. The van der Waals surface area contributed by atoms with Crippen molar-refractivity contribution in [3.63, 3.8) is 0 Å². The number of nitrogen functional groups attached to an aromatic ring is 1. The molecule has 4 heterocycles. The fourth-order valence-corrected chi connectivity index (χ4v) is 5.45. The van der Waals surface area contributed by atoms with Crippen LogP contribution in [0.1, 0.15) is 45.4 Å². The summed E-state index contributed by atoms with van der Waals surface area (Å²) in [5, 5.41) is 14.8. The molecule has 2 fully saturated rings. The number of aromatic nitrogens is 5. The van der Waals surface area contributed by atoms with Crippen LogP contribution in [0, 0.1) is 5.92 Å². The molecule has 0 spiro atoms. The predicted molar refractivity (Wildman–Crippen MR) is 136 cm³/mol. The summed E-state index contributed by atoms with van der Waals surface area (Å²) < 4.78 is 7.76. The van der Waals surface area contributed by atoms with Crippen molar-refractivity contribution in [3.05, 3.63) is 24.3 Å². The van der Waals surface area contributed by atoms with Crippen molar-refractivity contribution >= 4 is 23.2 Å². The second-order valence-electron chi connectivity index (χ2n) is 9.34. The highest BCUT2D eigenvalue weighted by Gasteiger charge is 2.21. The van der Waals surface area contributed by atoms with E-state index < -0.39 is 0 Å². The van der Waals surface area contributed by atoms with Gasteiger partial charge in [-0.1, -0.05) is 30.4 Å².